The number of imide groups is 1. The number of alkyl halides is 2. The van der Waals surface area contributed by atoms with Crippen molar-refractivity contribution < 1.29 is 27.9 Å². The fourth-order valence-corrected chi connectivity index (χ4v) is 2.69. The molecule has 1 aliphatic rings. The van der Waals surface area contributed by atoms with E-state index in [9.17, 15) is 23.2 Å². The Labute approximate surface area is 156 Å². The topological polar surface area (TPSA) is 87.7 Å². The molecule has 9 heteroatoms. The number of urea groups is 1. The summed E-state index contributed by atoms with van der Waals surface area (Å²) in [5.74, 6) is -0.396. The first-order valence-corrected chi connectivity index (χ1v) is 8.63. The summed E-state index contributed by atoms with van der Waals surface area (Å²) in [6, 6.07) is 5.77. The summed E-state index contributed by atoms with van der Waals surface area (Å²) in [6.07, 6.45) is 1.11. The third kappa shape index (κ3) is 5.90. The monoisotopic (exact) mass is 383 g/mol. The van der Waals surface area contributed by atoms with E-state index >= 15 is 0 Å². The minimum absolute atomic E-state index is 0.0847. The molecule has 1 heterocycles. The lowest BCUT2D eigenvalue weighted by Gasteiger charge is -2.15. The van der Waals surface area contributed by atoms with Crippen molar-refractivity contribution in [2.75, 3.05) is 13.1 Å². The van der Waals surface area contributed by atoms with E-state index in [0.29, 0.717) is 19.4 Å². The normalized spacial score (nSPS) is 15.8. The second kappa shape index (κ2) is 8.79. The van der Waals surface area contributed by atoms with Gasteiger partial charge in [-0.05, 0) is 44.4 Å². The zero-order valence-corrected chi connectivity index (χ0v) is 15.3. The van der Waals surface area contributed by atoms with Crippen LogP contribution in [0.4, 0.5) is 13.6 Å². The number of nitrogens with one attached hydrogen (secondary N) is 2. The van der Waals surface area contributed by atoms with Crippen LogP contribution in [0.1, 0.15) is 32.3 Å². The predicted molar refractivity (Wildman–Crippen MR) is 93.3 cm³/mol. The fourth-order valence-electron chi connectivity index (χ4n) is 2.69. The van der Waals surface area contributed by atoms with Gasteiger partial charge in [-0.15, -0.1) is 0 Å². The van der Waals surface area contributed by atoms with Crippen LogP contribution < -0.4 is 15.4 Å². The highest BCUT2D eigenvalue weighted by Gasteiger charge is 2.43. The number of carbonyl (C=O) groups is 3. The first-order valence-electron chi connectivity index (χ1n) is 8.63. The van der Waals surface area contributed by atoms with Gasteiger partial charge in [-0.25, -0.2) is 4.79 Å². The van der Waals surface area contributed by atoms with E-state index in [4.69, 9.17) is 0 Å². The second-order valence-corrected chi connectivity index (χ2v) is 6.74. The van der Waals surface area contributed by atoms with E-state index in [1.807, 2.05) is 0 Å². The number of carbonyl (C=O) groups excluding carboxylic acids is 3. The summed E-state index contributed by atoms with van der Waals surface area (Å²) >= 11 is 0. The Hall–Kier alpha value is -2.71. The van der Waals surface area contributed by atoms with Crippen LogP contribution in [0.3, 0.4) is 0 Å². The van der Waals surface area contributed by atoms with Crippen molar-refractivity contribution in [3.8, 4) is 5.75 Å². The Morgan fingerprint density at radius 2 is 1.93 bits per heavy atom. The molecule has 4 amide bonds. The first kappa shape index (κ1) is 20.6. The first-order chi connectivity index (χ1) is 12.7. The molecule has 27 heavy (non-hydrogen) atoms. The minimum Gasteiger partial charge on any atom is -0.435 e. The molecule has 2 N–H and O–H groups in total. The number of rotatable bonds is 9. The summed E-state index contributed by atoms with van der Waals surface area (Å²) in [5, 5.41) is 5.33. The lowest BCUT2D eigenvalue weighted by atomic mass is 10.1. The zero-order chi connectivity index (χ0) is 20.0. The van der Waals surface area contributed by atoms with Gasteiger partial charge in [0.2, 0.25) is 5.91 Å². The Morgan fingerprint density at radius 1 is 1.26 bits per heavy atom. The molecule has 1 aliphatic heterocycles. The van der Waals surface area contributed by atoms with Gasteiger partial charge >= 0.3 is 12.6 Å². The quantitative estimate of drug-likeness (QED) is 0.639. The van der Waals surface area contributed by atoms with Crippen molar-refractivity contribution in [2.45, 2.75) is 45.3 Å². The Balaban J connectivity index is 1.65. The number of ether oxygens (including phenoxy) is 1. The number of nitrogens with zero attached hydrogens (tertiary/aromatic N) is 1. The lowest BCUT2D eigenvalue weighted by molar-refractivity contribution is -0.130. The van der Waals surface area contributed by atoms with Gasteiger partial charge in [-0.1, -0.05) is 12.1 Å². The third-order valence-electron chi connectivity index (χ3n) is 4.11. The molecule has 0 saturated carbocycles. The van der Waals surface area contributed by atoms with Gasteiger partial charge in [0.05, 0.1) is 0 Å². The summed E-state index contributed by atoms with van der Waals surface area (Å²) < 4.78 is 28.4. The highest BCUT2D eigenvalue weighted by Crippen LogP contribution is 2.17. The number of benzene rings is 1. The van der Waals surface area contributed by atoms with Crippen LogP contribution in [0.25, 0.3) is 0 Å². The number of hydrogen-bond donors (Lipinski definition) is 2. The molecular weight excluding hydrogens is 360 g/mol. The van der Waals surface area contributed by atoms with Gasteiger partial charge in [0.15, 0.2) is 0 Å². The molecule has 0 bridgehead atoms. The minimum atomic E-state index is -2.86. The number of amides is 4. The van der Waals surface area contributed by atoms with Crippen molar-refractivity contribution in [1.82, 2.24) is 15.5 Å². The van der Waals surface area contributed by atoms with Crippen LogP contribution in [-0.4, -0.2) is 48.0 Å². The molecule has 0 spiro atoms. The maximum Gasteiger partial charge on any atom is 0.387 e. The summed E-state index contributed by atoms with van der Waals surface area (Å²) in [5.41, 5.74) is -0.0339. The molecule has 148 valence electrons. The molecule has 0 aliphatic carbocycles. The van der Waals surface area contributed by atoms with Crippen LogP contribution in [0, 0.1) is 0 Å². The summed E-state index contributed by atoms with van der Waals surface area (Å²) in [6.45, 7) is 0.984. The summed E-state index contributed by atoms with van der Waals surface area (Å²) in [4.78, 5) is 36.7. The van der Waals surface area contributed by atoms with Gasteiger partial charge in [0, 0.05) is 19.5 Å². The van der Waals surface area contributed by atoms with Gasteiger partial charge in [-0.2, -0.15) is 8.78 Å². The van der Waals surface area contributed by atoms with E-state index in [1.54, 1.807) is 26.0 Å². The molecule has 7 nitrogen and oxygen atoms in total. The lowest BCUT2D eigenvalue weighted by Crippen LogP contribution is -2.40. The van der Waals surface area contributed by atoms with E-state index in [2.05, 4.69) is 15.4 Å². The van der Waals surface area contributed by atoms with E-state index in [1.165, 1.54) is 12.1 Å². The molecule has 1 aromatic rings. The molecule has 0 unspecified atom stereocenters. The molecule has 1 saturated heterocycles. The highest BCUT2D eigenvalue weighted by atomic mass is 19.3. The summed E-state index contributed by atoms with van der Waals surface area (Å²) in [7, 11) is 0. The van der Waals surface area contributed by atoms with Crippen molar-refractivity contribution >= 4 is 17.8 Å². The molecule has 2 rings (SSSR count). The van der Waals surface area contributed by atoms with Crippen molar-refractivity contribution in [3.63, 3.8) is 0 Å². The SMILES string of the molecule is CC1(C)NC(=O)N(CCCC(=O)NCCc2ccc(OC(F)F)cc2)C1=O. The van der Waals surface area contributed by atoms with E-state index in [0.717, 1.165) is 10.5 Å². The Morgan fingerprint density at radius 3 is 2.48 bits per heavy atom. The molecular formula is C18H23F2N3O4. The van der Waals surface area contributed by atoms with Crippen LogP contribution >= 0.6 is 0 Å². The smallest absolute Gasteiger partial charge is 0.387 e. The largest absolute Gasteiger partial charge is 0.435 e. The maximum absolute atomic E-state index is 12.1. The van der Waals surface area contributed by atoms with E-state index in [-0.39, 0.29) is 30.5 Å². The van der Waals surface area contributed by atoms with E-state index < -0.39 is 18.2 Å². The molecule has 0 atom stereocenters. The second-order valence-electron chi connectivity index (χ2n) is 6.74. The maximum atomic E-state index is 12.1. The van der Waals surface area contributed by atoms with Crippen molar-refractivity contribution in [2.24, 2.45) is 0 Å². The molecule has 0 radical (unpaired) electrons. The number of hydrogen-bond acceptors (Lipinski definition) is 4. The Bertz CT molecular complexity index is 692. The van der Waals surface area contributed by atoms with Crippen LogP contribution in [0.2, 0.25) is 0 Å². The predicted octanol–water partition coefficient (Wildman–Crippen LogP) is 2.06. The van der Waals surface area contributed by atoms with Crippen molar-refractivity contribution in [3.05, 3.63) is 29.8 Å². The van der Waals surface area contributed by atoms with Crippen LogP contribution in [0.15, 0.2) is 24.3 Å². The third-order valence-corrected chi connectivity index (χ3v) is 4.11. The highest BCUT2D eigenvalue weighted by molar-refractivity contribution is 6.06. The van der Waals surface area contributed by atoms with Gasteiger partial charge in [-0.3, -0.25) is 14.5 Å². The fraction of sp³-hybridized carbons (Fsp3) is 0.500. The van der Waals surface area contributed by atoms with Crippen molar-refractivity contribution in [1.29, 1.82) is 0 Å². The van der Waals surface area contributed by atoms with Crippen LogP contribution in [-0.2, 0) is 16.0 Å². The molecule has 1 fully saturated rings. The average molecular weight is 383 g/mol. The van der Waals surface area contributed by atoms with Gasteiger partial charge < -0.3 is 15.4 Å². The molecule has 1 aromatic carbocycles. The number of halogens is 2. The Kier molecular flexibility index (Phi) is 6.70. The van der Waals surface area contributed by atoms with Crippen LogP contribution in [0.5, 0.6) is 5.75 Å². The average Bonchev–Trinajstić information content (AvgIpc) is 2.77. The zero-order valence-electron chi connectivity index (χ0n) is 15.3. The van der Waals surface area contributed by atoms with Gasteiger partial charge in [0.25, 0.3) is 5.91 Å². The van der Waals surface area contributed by atoms with Gasteiger partial charge in [0.1, 0.15) is 11.3 Å². The standard InChI is InChI=1S/C18H23F2N3O4/c1-18(2)15(25)23(17(26)22-18)11-3-4-14(24)21-10-9-12-5-7-13(8-6-12)27-16(19)20/h5-8,16H,3-4,9-11H2,1-2H3,(H,21,24)(H,22,26). The molecule has 0 aromatic heterocycles.